The molecule has 0 spiro atoms. The quantitative estimate of drug-likeness (QED) is 0.741. The van der Waals surface area contributed by atoms with Crippen LogP contribution in [0.3, 0.4) is 0 Å². The third-order valence-electron chi connectivity index (χ3n) is 5.12. The van der Waals surface area contributed by atoms with E-state index in [-0.39, 0.29) is 17.5 Å². The number of hydrogen-bond donors (Lipinski definition) is 0. The first-order valence-electron chi connectivity index (χ1n) is 8.82. The van der Waals surface area contributed by atoms with Crippen molar-refractivity contribution in [3.63, 3.8) is 0 Å². The van der Waals surface area contributed by atoms with Crippen molar-refractivity contribution in [2.75, 3.05) is 20.2 Å². The Labute approximate surface area is 139 Å². The molecule has 0 unspecified atom stereocenters. The molecular weight excluding hydrogens is 294 g/mol. The number of ether oxygens (including phenoxy) is 2. The highest BCUT2D eigenvalue weighted by molar-refractivity contribution is 5.77. The molecule has 0 aromatic heterocycles. The molecule has 1 aliphatic carbocycles. The normalized spacial score (nSPS) is 22.0. The van der Waals surface area contributed by atoms with Gasteiger partial charge in [-0.2, -0.15) is 0 Å². The third-order valence-corrected chi connectivity index (χ3v) is 5.12. The largest absolute Gasteiger partial charge is 0.469 e. The smallest absolute Gasteiger partial charge is 0.410 e. The van der Waals surface area contributed by atoms with E-state index in [9.17, 15) is 9.59 Å². The molecular formula is C18H31NO4. The molecule has 1 saturated carbocycles. The zero-order valence-corrected chi connectivity index (χ0v) is 15.0. The van der Waals surface area contributed by atoms with Gasteiger partial charge in [0, 0.05) is 13.1 Å². The van der Waals surface area contributed by atoms with Crippen LogP contribution in [0.2, 0.25) is 0 Å². The van der Waals surface area contributed by atoms with Gasteiger partial charge in [-0.3, -0.25) is 4.79 Å². The van der Waals surface area contributed by atoms with E-state index in [1.807, 2.05) is 20.8 Å². The average Bonchev–Trinajstić information content (AvgIpc) is 2.95. The predicted molar refractivity (Wildman–Crippen MR) is 88.1 cm³/mol. The number of hydrogen-bond acceptors (Lipinski definition) is 4. The van der Waals surface area contributed by atoms with Crippen LogP contribution in [0, 0.1) is 11.3 Å². The molecule has 1 heterocycles. The fourth-order valence-electron chi connectivity index (χ4n) is 3.96. The van der Waals surface area contributed by atoms with Crippen molar-refractivity contribution in [1.82, 2.24) is 4.90 Å². The van der Waals surface area contributed by atoms with Gasteiger partial charge < -0.3 is 14.4 Å². The average molecular weight is 325 g/mol. The molecule has 5 nitrogen and oxygen atoms in total. The molecule has 5 heteroatoms. The van der Waals surface area contributed by atoms with Gasteiger partial charge in [-0.15, -0.1) is 0 Å². The summed E-state index contributed by atoms with van der Waals surface area (Å²) in [6.07, 6.45) is 6.70. The van der Waals surface area contributed by atoms with Crippen LogP contribution >= 0.6 is 0 Å². The molecule has 0 aromatic carbocycles. The van der Waals surface area contributed by atoms with Gasteiger partial charge in [-0.25, -0.2) is 4.79 Å². The van der Waals surface area contributed by atoms with Crippen LogP contribution < -0.4 is 0 Å². The van der Waals surface area contributed by atoms with Crippen LogP contribution in [0.15, 0.2) is 0 Å². The van der Waals surface area contributed by atoms with E-state index < -0.39 is 5.60 Å². The Hall–Kier alpha value is -1.26. The standard InChI is InChI=1S/C18H31NO4/c1-17(2,3)23-16(21)19-11-7-14(8-12-19)13-18(15(20)22-4)9-5-6-10-18/h14H,5-13H2,1-4H3. The van der Waals surface area contributed by atoms with Crippen LogP contribution in [0.25, 0.3) is 0 Å². The maximum atomic E-state index is 12.2. The third kappa shape index (κ3) is 4.61. The Bertz CT molecular complexity index is 427. The summed E-state index contributed by atoms with van der Waals surface area (Å²) in [6.45, 7) is 7.10. The second-order valence-corrected chi connectivity index (χ2v) is 8.09. The van der Waals surface area contributed by atoms with E-state index in [0.717, 1.165) is 58.0 Å². The van der Waals surface area contributed by atoms with Gasteiger partial charge in [-0.05, 0) is 58.8 Å². The highest BCUT2D eigenvalue weighted by atomic mass is 16.6. The monoisotopic (exact) mass is 325 g/mol. The first kappa shape index (κ1) is 18.1. The molecule has 23 heavy (non-hydrogen) atoms. The number of carbonyl (C=O) groups excluding carboxylic acids is 2. The molecule has 1 amide bonds. The molecule has 2 rings (SSSR count). The van der Waals surface area contributed by atoms with Crippen molar-refractivity contribution in [1.29, 1.82) is 0 Å². The van der Waals surface area contributed by atoms with Gasteiger partial charge in [-0.1, -0.05) is 12.8 Å². The van der Waals surface area contributed by atoms with Gasteiger partial charge >= 0.3 is 12.1 Å². The number of methoxy groups -OCH3 is 1. The highest BCUT2D eigenvalue weighted by Crippen LogP contribution is 2.45. The van der Waals surface area contributed by atoms with Crippen LogP contribution in [-0.2, 0) is 14.3 Å². The number of amides is 1. The minimum absolute atomic E-state index is 0.0374. The van der Waals surface area contributed by atoms with Gasteiger partial charge in [0.2, 0.25) is 0 Å². The minimum atomic E-state index is -0.452. The summed E-state index contributed by atoms with van der Waals surface area (Å²) >= 11 is 0. The summed E-state index contributed by atoms with van der Waals surface area (Å²) in [4.78, 5) is 26.1. The summed E-state index contributed by atoms with van der Waals surface area (Å²) in [5.41, 5.74) is -0.722. The van der Waals surface area contributed by atoms with Crippen molar-refractivity contribution in [2.45, 2.75) is 71.3 Å². The minimum Gasteiger partial charge on any atom is -0.469 e. The van der Waals surface area contributed by atoms with Gasteiger partial charge in [0.25, 0.3) is 0 Å². The summed E-state index contributed by atoms with van der Waals surface area (Å²) in [6, 6.07) is 0. The zero-order chi connectivity index (χ0) is 17.1. The molecule has 0 bridgehead atoms. The Kier molecular flexibility index (Phi) is 5.58. The second-order valence-electron chi connectivity index (χ2n) is 8.09. The van der Waals surface area contributed by atoms with E-state index >= 15 is 0 Å². The Morgan fingerprint density at radius 2 is 1.70 bits per heavy atom. The van der Waals surface area contributed by atoms with E-state index in [1.165, 1.54) is 7.11 Å². The molecule has 0 atom stereocenters. The van der Waals surface area contributed by atoms with Crippen molar-refractivity contribution in [3.8, 4) is 0 Å². The Balaban J connectivity index is 1.87. The van der Waals surface area contributed by atoms with Crippen LogP contribution in [-0.4, -0.2) is 42.8 Å². The molecule has 2 fully saturated rings. The van der Waals surface area contributed by atoms with E-state index in [2.05, 4.69) is 0 Å². The van der Waals surface area contributed by atoms with Crippen molar-refractivity contribution >= 4 is 12.1 Å². The van der Waals surface area contributed by atoms with Crippen LogP contribution in [0.4, 0.5) is 4.79 Å². The fourth-order valence-corrected chi connectivity index (χ4v) is 3.96. The summed E-state index contributed by atoms with van der Waals surface area (Å²) in [7, 11) is 1.49. The Morgan fingerprint density at radius 3 is 2.17 bits per heavy atom. The Morgan fingerprint density at radius 1 is 1.13 bits per heavy atom. The first-order valence-corrected chi connectivity index (χ1v) is 8.82. The lowest BCUT2D eigenvalue weighted by Gasteiger charge is -2.36. The van der Waals surface area contributed by atoms with E-state index in [4.69, 9.17) is 9.47 Å². The number of rotatable bonds is 3. The van der Waals surface area contributed by atoms with E-state index in [0.29, 0.717) is 5.92 Å². The molecule has 0 N–H and O–H groups in total. The maximum absolute atomic E-state index is 12.2. The first-order chi connectivity index (χ1) is 10.8. The number of likely N-dealkylation sites (tertiary alicyclic amines) is 1. The predicted octanol–water partition coefficient (Wildman–Crippen LogP) is 3.76. The molecule has 2 aliphatic rings. The maximum Gasteiger partial charge on any atom is 0.410 e. The number of nitrogens with zero attached hydrogens (tertiary/aromatic N) is 1. The number of esters is 1. The summed E-state index contributed by atoms with van der Waals surface area (Å²) < 4.78 is 10.5. The zero-order valence-electron chi connectivity index (χ0n) is 15.0. The summed E-state index contributed by atoms with van der Waals surface area (Å²) in [5, 5.41) is 0. The molecule has 0 radical (unpaired) electrons. The lowest BCUT2D eigenvalue weighted by atomic mass is 9.75. The topological polar surface area (TPSA) is 55.8 Å². The fraction of sp³-hybridized carbons (Fsp3) is 0.889. The van der Waals surface area contributed by atoms with Gasteiger partial charge in [0.05, 0.1) is 12.5 Å². The SMILES string of the molecule is COC(=O)C1(CC2CCN(C(=O)OC(C)(C)C)CC2)CCCC1. The summed E-state index contributed by atoms with van der Waals surface area (Å²) in [5.74, 6) is 0.454. The van der Waals surface area contributed by atoms with Crippen molar-refractivity contribution in [3.05, 3.63) is 0 Å². The molecule has 1 aliphatic heterocycles. The molecule has 0 aromatic rings. The molecule has 132 valence electrons. The number of carbonyl (C=O) groups is 2. The van der Waals surface area contributed by atoms with Crippen molar-refractivity contribution < 1.29 is 19.1 Å². The lowest BCUT2D eigenvalue weighted by molar-refractivity contribution is -0.154. The van der Waals surface area contributed by atoms with Gasteiger partial charge in [0.1, 0.15) is 5.60 Å². The highest BCUT2D eigenvalue weighted by Gasteiger charge is 2.44. The lowest BCUT2D eigenvalue weighted by Crippen LogP contribution is -2.43. The number of piperidine rings is 1. The molecule has 1 saturated heterocycles. The van der Waals surface area contributed by atoms with Crippen LogP contribution in [0.5, 0.6) is 0 Å². The van der Waals surface area contributed by atoms with E-state index in [1.54, 1.807) is 4.90 Å². The second kappa shape index (κ2) is 7.10. The van der Waals surface area contributed by atoms with Gasteiger partial charge in [0.15, 0.2) is 0 Å². The van der Waals surface area contributed by atoms with Crippen LogP contribution in [0.1, 0.15) is 65.7 Å². The van der Waals surface area contributed by atoms with Crippen molar-refractivity contribution in [2.24, 2.45) is 11.3 Å².